The molecule has 1 aliphatic carbocycles. The molecule has 6 nitrogen and oxygen atoms in total. The van der Waals surface area contributed by atoms with Crippen LogP contribution in [0.2, 0.25) is 0 Å². The number of nitrogens with zero attached hydrogens (tertiary/aromatic N) is 2. The second-order valence-corrected chi connectivity index (χ2v) is 10.2. The predicted octanol–water partition coefficient (Wildman–Crippen LogP) is 2.77. The molecule has 0 unspecified atom stereocenters. The monoisotopic (exact) mass is 389 g/mol. The third-order valence-corrected chi connectivity index (χ3v) is 7.10. The summed E-state index contributed by atoms with van der Waals surface area (Å²) in [6.45, 7) is 7.46. The second-order valence-electron chi connectivity index (χ2n) is 9.19. The molecule has 2 aliphatic heterocycles. The summed E-state index contributed by atoms with van der Waals surface area (Å²) in [7, 11) is 0. The third kappa shape index (κ3) is 3.26. The molecule has 4 rings (SSSR count). The molecular weight excluding hydrogens is 362 g/mol. The van der Waals surface area contributed by atoms with Crippen molar-refractivity contribution in [1.82, 2.24) is 15.1 Å². The summed E-state index contributed by atoms with van der Waals surface area (Å²) in [4.78, 5) is 42.8. The van der Waals surface area contributed by atoms with Crippen LogP contribution in [0.1, 0.15) is 50.5 Å². The lowest BCUT2D eigenvalue weighted by Crippen LogP contribution is -2.54. The molecule has 0 aromatic carbocycles. The van der Waals surface area contributed by atoms with Crippen molar-refractivity contribution in [3.63, 3.8) is 0 Å². The van der Waals surface area contributed by atoms with Crippen molar-refractivity contribution >= 4 is 29.2 Å². The van der Waals surface area contributed by atoms with Gasteiger partial charge in [-0.2, -0.15) is 0 Å². The maximum Gasteiger partial charge on any atom is 0.325 e. The van der Waals surface area contributed by atoms with Crippen LogP contribution in [-0.2, 0) is 22.6 Å². The Hall–Kier alpha value is -1.89. The van der Waals surface area contributed by atoms with E-state index in [1.54, 1.807) is 16.2 Å². The zero-order chi connectivity index (χ0) is 19.4. The molecule has 1 aromatic rings. The van der Waals surface area contributed by atoms with E-state index in [0.717, 1.165) is 17.7 Å². The Morgan fingerprint density at radius 2 is 2.11 bits per heavy atom. The molecule has 3 heterocycles. The standard InChI is InChI=1S/C20H27N3O3S/c1-13-8-19(2,3)12-20(9-13)17(25)23(18(26)21-20)11-16(24)22-6-4-15-14(10-22)5-7-27-15/h5,7,13H,4,6,8-12H2,1-3H3,(H,21,26)/t13-,20+/m0/s1. The summed E-state index contributed by atoms with van der Waals surface area (Å²) in [5.74, 6) is -0.0306. The quantitative estimate of drug-likeness (QED) is 0.791. The maximum atomic E-state index is 13.2. The smallest absolute Gasteiger partial charge is 0.325 e. The van der Waals surface area contributed by atoms with Gasteiger partial charge in [0.25, 0.3) is 5.91 Å². The van der Waals surface area contributed by atoms with E-state index in [4.69, 9.17) is 0 Å². The van der Waals surface area contributed by atoms with E-state index in [9.17, 15) is 14.4 Å². The second kappa shape index (κ2) is 6.33. The van der Waals surface area contributed by atoms with Gasteiger partial charge in [-0.3, -0.25) is 14.5 Å². The van der Waals surface area contributed by atoms with Gasteiger partial charge in [0.2, 0.25) is 5.91 Å². The summed E-state index contributed by atoms with van der Waals surface area (Å²) in [5, 5.41) is 4.99. The first-order valence-electron chi connectivity index (χ1n) is 9.66. The molecular formula is C20H27N3O3S. The molecule has 2 fully saturated rings. The molecule has 2 atom stereocenters. The van der Waals surface area contributed by atoms with E-state index in [2.05, 4.69) is 26.1 Å². The van der Waals surface area contributed by atoms with Gasteiger partial charge in [0.05, 0.1) is 0 Å². The van der Waals surface area contributed by atoms with Gasteiger partial charge in [0, 0.05) is 18.0 Å². The summed E-state index contributed by atoms with van der Waals surface area (Å²) >= 11 is 1.72. The number of fused-ring (bicyclic) bond motifs is 1. The number of imide groups is 1. The Morgan fingerprint density at radius 3 is 2.85 bits per heavy atom. The minimum Gasteiger partial charge on any atom is -0.336 e. The number of hydrogen-bond donors (Lipinski definition) is 1. The van der Waals surface area contributed by atoms with Crippen molar-refractivity contribution in [2.45, 2.75) is 58.5 Å². The van der Waals surface area contributed by atoms with Crippen LogP contribution in [-0.4, -0.2) is 46.3 Å². The topological polar surface area (TPSA) is 69.7 Å². The highest BCUT2D eigenvalue weighted by atomic mass is 32.1. The van der Waals surface area contributed by atoms with Crippen LogP contribution in [0.15, 0.2) is 11.4 Å². The van der Waals surface area contributed by atoms with Gasteiger partial charge in [0.15, 0.2) is 0 Å². The molecule has 27 heavy (non-hydrogen) atoms. The largest absolute Gasteiger partial charge is 0.336 e. The van der Waals surface area contributed by atoms with Gasteiger partial charge in [-0.05, 0) is 54.0 Å². The minimum atomic E-state index is -0.846. The average molecular weight is 390 g/mol. The van der Waals surface area contributed by atoms with Gasteiger partial charge in [-0.25, -0.2) is 4.79 Å². The summed E-state index contributed by atoms with van der Waals surface area (Å²) in [5.41, 5.74) is 0.320. The molecule has 146 valence electrons. The zero-order valence-electron chi connectivity index (χ0n) is 16.2. The van der Waals surface area contributed by atoms with Crippen LogP contribution >= 0.6 is 11.3 Å². The first-order chi connectivity index (χ1) is 12.7. The molecule has 1 aromatic heterocycles. The number of carbonyl (C=O) groups is 3. The molecule has 0 radical (unpaired) electrons. The van der Waals surface area contributed by atoms with Gasteiger partial charge in [-0.1, -0.05) is 20.8 Å². The summed E-state index contributed by atoms with van der Waals surface area (Å²) in [6, 6.07) is 1.62. The Bertz CT molecular complexity index is 802. The van der Waals surface area contributed by atoms with Crippen molar-refractivity contribution in [2.75, 3.05) is 13.1 Å². The number of rotatable bonds is 2. The predicted molar refractivity (Wildman–Crippen MR) is 103 cm³/mol. The van der Waals surface area contributed by atoms with Gasteiger partial charge >= 0.3 is 6.03 Å². The molecule has 4 amide bonds. The number of amides is 4. The van der Waals surface area contributed by atoms with E-state index < -0.39 is 11.6 Å². The molecule has 1 saturated heterocycles. The molecule has 0 bridgehead atoms. The third-order valence-electron chi connectivity index (χ3n) is 6.08. The fourth-order valence-corrected chi connectivity index (χ4v) is 6.24. The van der Waals surface area contributed by atoms with E-state index in [1.165, 1.54) is 10.4 Å². The molecule has 7 heteroatoms. The highest BCUT2D eigenvalue weighted by Gasteiger charge is 2.56. The normalized spacial score (nSPS) is 29.8. The molecule has 1 spiro atoms. The number of hydrogen-bond acceptors (Lipinski definition) is 4. The van der Waals surface area contributed by atoms with Crippen molar-refractivity contribution < 1.29 is 14.4 Å². The first kappa shape index (κ1) is 18.5. The molecule has 1 N–H and O–H groups in total. The fourth-order valence-electron chi connectivity index (χ4n) is 5.35. The first-order valence-corrected chi connectivity index (χ1v) is 10.5. The van der Waals surface area contributed by atoms with Gasteiger partial charge in [-0.15, -0.1) is 11.3 Å². The SMILES string of the molecule is C[C@H]1CC(C)(C)C[C@@]2(C1)NC(=O)N(CC(=O)N1CCc3sccc3C1)C2=O. The summed E-state index contributed by atoms with van der Waals surface area (Å²) < 4.78 is 0. The lowest BCUT2D eigenvalue weighted by molar-refractivity contribution is -0.141. The van der Waals surface area contributed by atoms with E-state index in [0.29, 0.717) is 31.8 Å². The Kier molecular flexibility index (Phi) is 4.33. The zero-order valence-corrected chi connectivity index (χ0v) is 17.0. The highest BCUT2D eigenvalue weighted by Crippen LogP contribution is 2.46. The molecule has 3 aliphatic rings. The highest BCUT2D eigenvalue weighted by molar-refractivity contribution is 7.10. The lowest BCUT2D eigenvalue weighted by Gasteiger charge is -2.43. The average Bonchev–Trinajstić information content (AvgIpc) is 3.11. The van der Waals surface area contributed by atoms with Crippen LogP contribution in [0.3, 0.4) is 0 Å². The van der Waals surface area contributed by atoms with Gasteiger partial charge < -0.3 is 10.2 Å². The Labute approximate surface area is 163 Å². The number of carbonyl (C=O) groups excluding carboxylic acids is 3. The molecule has 1 saturated carbocycles. The van der Waals surface area contributed by atoms with Crippen molar-refractivity contribution in [3.8, 4) is 0 Å². The van der Waals surface area contributed by atoms with E-state index in [-0.39, 0.29) is 23.8 Å². The van der Waals surface area contributed by atoms with Crippen LogP contribution in [0.5, 0.6) is 0 Å². The van der Waals surface area contributed by atoms with E-state index >= 15 is 0 Å². The lowest BCUT2D eigenvalue weighted by atomic mass is 9.64. The van der Waals surface area contributed by atoms with E-state index in [1.807, 2.05) is 11.4 Å². The number of thiophene rings is 1. The van der Waals surface area contributed by atoms with Gasteiger partial charge in [0.1, 0.15) is 12.1 Å². The van der Waals surface area contributed by atoms with Crippen molar-refractivity contribution in [2.24, 2.45) is 11.3 Å². The van der Waals surface area contributed by atoms with Crippen LogP contribution < -0.4 is 5.32 Å². The minimum absolute atomic E-state index is 0.0111. The summed E-state index contributed by atoms with van der Waals surface area (Å²) in [6.07, 6.45) is 3.15. The van der Waals surface area contributed by atoms with Crippen LogP contribution in [0.25, 0.3) is 0 Å². The van der Waals surface area contributed by atoms with Crippen molar-refractivity contribution in [3.05, 3.63) is 21.9 Å². The number of urea groups is 1. The Morgan fingerprint density at radius 1 is 1.33 bits per heavy atom. The maximum absolute atomic E-state index is 13.2. The fraction of sp³-hybridized carbons (Fsp3) is 0.650. The number of nitrogens with one attached hydrogen (secondary N) is 1. The van der Waals surface area contributed by atoms with Crippen molar-refractivity contribution in [1.29, 1.82) is 0 Å². The Balaban J connectivity index is 1.48. The van der Waals surface area contributed by atoms with Crippen LogP contribution in [0.4, 0.5) is 4.79 Å². The van der Waals surface area contributed by atoms with Crippen LogP contribution in [0, 0.1) is 11.3 Å².